The van der Waals surface area contributed by atoms with E-state index in [1.165, 1.54) is 6.07 Å². The van der Waals surface area contributed by atoms with Crippen LogP contribution in [0.4, 0.5) is 23.0 Å². The Kier molecular flexibility index (Phi) is 6.15. The van der Waals surface area contributed by atoms with Gasteiger partial charge in [-0.1, -0.05) is 18.7 Å². The molecule has 130 valence electrons. The van der Waals surface area contributed by atoms with Gasteiger partial charge in [-0.15, -0.1) is 10.2 Å². The molecule has 9 heteroatoms. The Morgan fingerprint density at radius 3 is 2.64 bits per heavy atom. The summed E-state index contributed by atoms with van der Waals surface area (Å²) in [5.74, 6) is 0.565. The molecule has 2 aromatic rings. The van der Waals surface area contributed by atoms with Crippen molar-refractivity contribution < 1.29 is 14.6 Å². The molecule has 1 aromatic carbocycles. The van der Waals surface area contributed by atoms with Crippen molar-refractivity contribution in [2.45, 2.75) is 0 Å². The molecule has 6 N–H and O–H groups in total. The van der Waals surface area contributed by atoms with Crippen LogP contribution in [-0.4, -0.2) is 29.1 Å². The molecule has 0 aliphatic heterocycles. The minimum absolute atomic E-state index is 0.0942. The maximum atomic E-state index is 11.2. The molecule has 0 atom stereocenters. The summed E-state index contributed by atoms with van der Waals surface area (Å²) in [5.41, 5.74) is 11.8. The molecule has 0 aliphatic rings. The zero-order chi connectivity index (χ0) is 18.2. The van der Waals surface area contributed by atoms with E-state index >= 15 is 0 Å². The van der Waals surface area contributed by atoms with E-state index in [1.807, 2.05) is 0 Å². The first-order valence-electron chi connectivity index (χ1n) is 7.27. The molecule has 1 amide bonds. The number of hydrogen-bond donors (Lipinski definition) is 4. The predicted octanol–water partition coefficient (Wildman–Crippen LogP) is 1.86. The highest BCUT2D eigenvalue weighted by Crippen LogP contribution is 2.31. The topological polar surface area (TPSA) is 148 Å². The smallest absolute Gasteiger partial charge is 0.239 e. The Balaban J connectivity index is 2.19. The Morgan fingerprint density at radius 2 is 1.96 bits per heavy atom. The monoisotopic (exact) mass is 342 g/mol. The maximum Gasteiger partial charge on any atom is 0.239 e. The number of nitrogens with two attached hydrogens (primary N) is 2. The second kappa shape index (κ2) is 8.52. The van der Waals surface area contributed by atoms with Crippen LogP contribution in [0.25, 0.3) is 0 Å². The van der Waals surface area contributed by atoms with Gasteiger partial charge in [-0.2, -0.15) is 0 Å². The molecule has 0 unspecified atom stereocenters. The summed E-state index contributed by atoms with van der Waals surface area (Å²) in [7, 11) is 0. The summed E-state index contributed by atoms with van der Waals surface area (Å²) in [6.45, 7) is 3.10. The molecule has 0 aliphatic carbocycles. The van der Waals surface area contributed by atoms with Crippen LogP contribution in [0.1, 0.15) is 0 Å². The van der Waals surface area contributed by atoms with Crippen molar-refractivity contribution in [2.24, 2.45) is 16.0 Å². The van der Waals surface area contributed by atoms with Crippen molar-refractivity contribution >= 4 is 28.9 Å². The van der Waals surface area contributed by atoms with E-state index < -0.39 is 0 Å². The van der Waals surface area contributed by atoms with Crippen molar-refractivity contribution in [3.8, 4) is 5.75 Å². The molecule has 0 fully saturated rings. The largest absolute Gasteiger partial charge is 0.458 e. The molecule has 1 aromatic heterocycles. The van der Waals surface area contributed by atoms with Crippen molar-refractivity contribution in [1.82, 2.24) is 4.98 Å². The Labute approximate surface area is 144 Å². The first-order chi connectivity index (χ1) is 12.0. The van der Waals surface area contributed by atoms with Gasteiger partial charge in [-0.3, -0.25) is 4.79 Å². The summed E-state index contributed by atoms with van der Waals surface area (Å²) in [6.07, 6.45) is 0. The molecule has 0 saturated heterocycles. The first-order valence-corrected chi connectivity index (χ1v) is 7.27. The number of aromatic nitrogens is 1. The SMILES string of the molecule is C=C(CO)Oc1ccccc1/N=N/c1ccc(NC(=O)CN)nc1N. The zero-order valence-electron chi connectivity index (χ0n) is 13.3. The number of aliphatic hydroxyl groups excluding tert-OH is 1. The number of para-hydroxylation sites is 1. The van der Waals surface area contributed by atoms with Gasteiger partial charge >= 0.3 is 0 Å². The van der Waals surface area contributed by atoms with Gasteiger partial charge in [0.15, 0.2) is 11.6 Å². The number of pyridine rings is 1. The number of aliphatic hydroxyl groups is 1. The number of carbonyl (C=O) groups excluding carboxylic acids is 1. The van der Waals surface area contributed by atoms with Crippen LogP contribution in [0.5, 0.6) is 5.75 Å². The average Bonchev–Trinajstić information content (AvgIpc) is 2.62. The Bertz CT molecular complexity index is 806. The van der Waals surface area contributed by atoms with Gasteiger partial charge in [0.2, 0.25) is 5.91 Å². The highest BCUT2D eigenvalue weighted by atomic mass is 16.5. The van der Waals surface area contributed by atoms with E-state index in [0.29, 0.717) is 17.1 Å². The lowest BCUT2D eigenvalue weighted by atomic mass is 10.3. The maximum absolute atomic E-state index is 11.2. The molecule has 25 heavy (non-hydrogen) atoms. The van der Waals surface area contributed by atoms with Crippen LogP contribution in [0.15, 0.2) is 59.0 Å². The summed E-state index contributed by atoms with van der Waals surface area (Å²) >= 11 is 0. The van der Waals surface area contributed by atoms with E-state index in [4.69, 9.17) is 21.3 Å². The van der Waals surface area contributed by atoms with E-state index in [9.17, 15) is 4.79 Å². The summed E-state index contributed by atoms with van der Waals surface area (Å²) in [5, 5.41) is 19.6. The van der Waals surface area contributed by atoms with E-state index in [1.54, 1.807) is 30.3 Å². The number of azo groups is 1. The van der Waals surface area contributed by atoms with Crippen molar-refractivity contribution in [2.75, 3.05) is 24.2 Å². The highest BCUT2D eigenvalue weighted by molar-refractivity contribution is 5.91. The predicted molar refractivity (Wildman–Crippen MR) is 93.8 cm³/mol. The second-order valence-corrected chi connectivity index (χ2v) is 4.82. The summed E-state index contributed by atoms with van der Waals surface area (Å²) < 4.78 is 5.38. The number of anilines is 2. The minimum Gasteiger partial charge on any atom is -0.458 e. The number of rotatable bonds is 7. The lowest BCUT2D eigenvalue weighted by Gasteiger charge is -2.08. The molecule has 0 bridgehead atoms. The molecule has 9 nitrogen and oxygen atoms in total. The number of benzene rings is 1. The summed E-state index contributed by atoms with van der Waals surface area (Å²) in [6, 6.07) is 9.97. The van der Waals surface area contributed by atoms with E-state index in [-0.39, 0.29) is 36.5 Å². The van der Waals surface area contributed by atoms with E-state index in [2.05, 4.69) is 27.1 Å². The van der Waals surface area contributed by atoms with Gasteiger partial charge in [0.1, 0.15) is 29.6 Å². The van der Waals surface area contributed by atoms with Crippen LogP contribution < -0.4 is 21.5 Å². The highest BCUT2D eigenvalue weighted by Gasteiger charge is 2.07. The Morgan fingerprint density at radius 1 is 1.24 bits per heavy atom. The van der Waals surface area contributed by atoms with Gasteiger partial charge in [0.25, 0.3) is 0 Å². The first kappa shape index (κ1) is 18.0. The van der Waals surface area contributed by atoms with Gasteiger partial charge in [-0.25, -0.2) is 4.98 Å². The minimum atomic E-state index is -0.378. The van der Waals surface area contributed by atoms with Gasteiger partial charge in [-0.05, 0) is 24.3 Å². The fourth-order valence-electron chi connectivity index (χ4n) is 1.74. The van der Waals surface area contributed by atoms with Crippen LogP contribution in [0.2, 0.25) is 0 Å². The van der Waals surface area contributed by atoms with Crippen molar-refractivity contribution in [3.63, 3.8) is 0 Å². The lowest BCUT2D eigenvalue weighted by molar-refractivity contribution is -0.114. The average molecular weight is 342 g/mol. The number of ether oxygens (including phenoxy) is 1. The fourth-order valence-corrected chi connectivity index (χ4v) is 1.74. The van der Waals surface area contributed by atoms with Crippen LogP contribution >= 0.6 is 0 Å². The van der Waals surface area contributed by atoms with Crippen molar-refractivity contribution in [3.05, 3.63) is 48.7 Å². The molecular formula is C16H18N6O3. The molecular weight excluding hydrogens is 324 g/mol. The normalized spacial score (nSPS) is 10.6. The number of nitrogens with zero attached hydrogens (tertiary/aromatic N) is 3. The number of nitrogens with one attached hydrogen (secondary N) is 1. The van der Waals surface area contributed by atoms with Gasteiger partial charge in [0.05, 0.1) is 6.54 Å². The third kappa shape index (κ3) is 5.09. The van der Waals surface area contributed by atoms with Gasteiger partial charge in [0, 0.05) is 0 Å². The lowest BCUT2D eigenvalue weighted by Crippen LogP contribution is -2.22. The molecule has 0 spiro atoms. The number of hydrogen-bond acceptors (Lipinski definition) is 8. The quantitative estimate of drug-likeness (QED) is 0.446. The van der Waals surface area contributed by atoms with E-state index in [0.717, 1.165) is 0 Å². The second-order valence-electron chi connectivity index (χ2n) is 4.82. The van der Waals surface area contributed by atoms with Crippen LogP contribution in [0, 0.1) is 0 Å². The standard InChI is InChI=1S/C16H18N6O3/c1-10(9-23)25-13-5-3-2-4-11(13)21-22-12-6-7-14(20-16(12)18)19-15(24)8-17/h2-7,23H,1,8-9,17H2,(H3,18,19,20,24)/b22-21+. The number of amides is 1. The van der Waals surface area contributed by atoms with Crippen LogP contribution in [0.3, 0.4) is 0 Å². The van der Waals surface area contributed by atoms with Crippen molar-refractivity contribution in [1.29, 1.82) is 0 Å². The Hall–Kier alpha value is -3.30. The number of carbonyl (C=O) groups is 1. The molecule has 1 heterocycles. The summed E-state index contributed by atoms with van der Waals surface area (Å²) in [4.78, 5) is 15.3. The third-order valence-corrected chi connectivity index (χ3v) is 2.92. The molecule has 2 rings (SSSR count). The molecule has 0 radical (unpaired) electrons. The number of nitrogen functional groups attached to an aromatic ring is 1. The fraction of sp³-hybridized carbons (Fsp3) is 0.125. The zero-order valence-corrected chi connectivity index (χ0v) is 13.3. The third-order valence-electron chi connectivity index (χ3n) is 2.92. The van der Waals surface area contributed by atoms with Gasteiger partial charge < -0.3 is 26.6 Å². The van der Waals surface area contributed by atoms with Crippen LogP contribution in [-0.2, 0) is 4.79 Å². The molecule has 0 saturated carbocycles.